The monoisotopic (exact) mass is 328 g/mol. The van der Waals surface area contributed by atoms with Gasteiger partial charge in [0, 0.05) is 17.7 Å². The molecule has 2 aliphatic rings. The molecule has 1 fully saturated rings. The van der Waals surface area contributed by atoms with Crippen LogP contribution in [0.4, 0.5) is 26.3 Å². The highest BCUT2D eigenvalue weighted by atomic mass is 19.4. The van der Waals surface area contributed by atoms with Crippen LogP contribution in [0.25, 0.3) is 0 Å². The fourth-order valence-electron chi connectivity index (χ4n) is 2.83. The quantitative estimate of drug-likeness (QED) is 0.865. The van der Waals surface area contributed by atoms with Crippen LogP contribution in [-0.4, -0.2) is 27.0 Å². The lowest BCUT2D eigenvalue weighted by molar-refractivity contribution is -0.150. The van der Waals surface area contributed by atoms with Crippen molar-refractivity contribution in [1.29, 1.82) is 0 Å². The van der Waals surface area contributed by atoms with E-state index in [1.807, 2.05) is 0 Å². The third-order valence-electron chi connectivity index (χ3n) is 4.22. The Balaban J connectivity index is 2.02. The first kappa shape index (κ1) is 15.6. The first-order chi connectivity index (χ1) is 10.1. The zero-order valence-electron chi connectivity index (χ0n) is 11.4. The second-order valence-corrected chi connectivity index (χ2v) is 5.91. The van der Waals surface area contributed by atoms with Crippen molar-refractivity contribution in [3.63, 3.8) is 0 Å². The van der Waals surface area contributed by atoms with Crippen LogP contribution in [0.3, 0.4) is 0 Å². The molecule has 2 atom stereocenters. The number of alkyl halides is 6. The summed E-state index contributed by atoms with van der Waals surface area (Å²) in [5, 5.41) is 12.9. The summed E-state index contributed by atoms with van der Waals surface area (Å²) in [6, 6.07) is 0. The van der Waals surface area contributed by atoms with Crippen molar-refractivity contribution >= 4 is 0 Å². The number of nitrogens with zero attached hydrogens (tertiary/aromatic N) is 2. The predicted molar refractivity (Wildman–Crippen MR) is 63.1 cm³/mol. The zero-order chi connectivity index (χ0) is 16.3. The topological polar surface area (TPSA) is 38.1 Å². The molecular weight excluding hydrogens is 314 g/mol. The van der Waals surface area contributed by atoms with Crippen LogP contribution >= 0.6 is 0 Å². The Hall–Kier alpha value is -1.25. The summed E-state index contributed by atoms with van der Waals surface area (Å²) in [5.41, 5.74) is -2.60. The highest BCUT2D eigenvalue weighted by molar-refractivity contribution is 5.35. The van der Waals surface area contributed by atoms with E-state index in [1.165, 1.54) is 0 Å². The average molecular weight is 328 g/mol. The first-order valence-electron chi connectivity index (χ1n) is 6.98. The minimum Gasteiger partial charge on any atom is -0.382 e. The van der Waals surface area contributed by atoms with Gasteiger partial charge in [0.2, 0.25) is 0 Å². The van der Waals surface area contributed by atoms with E-state index in [9.17, 15) is 31.4 Å². The molecule has 1 aromatic rings. The molecular formula is C13H14F6N2O. The van der Waals surface area contributed by atoms with Gasteiger partial charge in [-0.3, -0.25) is 4.68 Å². The summed E-state index contributed by atoms with van der Waals surface area (Å²) >= 11 is 0. The van der Waals surface area contributed by atoms with Gasteiger partial charge in [-0.1, -0.05) is 0 Å². The normalized spacial score (nSPS) is 25.9. The molecule has 0 amide bonds. The molecule has 1 unspecified atom stereocenters. The molecule has 3 nitrogen and oxygen atoms in total. The van der Waals surface area contributed by atoms with Gasteiger partial charge in [-0.25, -0.2) is 13.2 Å². The lowest BCUT2D eigenvalue weighted by Crippen LogP contribution is -2.33. The Labute approximate surface area is 121 Å². The van der Waals surface area contributed by atoms with Crippen molar-refractivity contribution in [2.45, 2.75) is 56.6 Å². The van der Waals surface area contributed by atoms with E-state index >= 15 is 0 Å². The number of hydrogen-bond acceptors (Lipinski definition) is 2. The Kier molecular flexibility index (Phi) is 3.46. The number of hydrogen-bond donors (Lipinski definition) is 1. The van der Waals surface area contributed by atoms with E-state index in [-0.39, 0.29) is 18.0 Å². The van der Waals surface area contributed by atoms with Gasteiger partial charge in [0.15, 0.2) is 5.69 Å². The van der Waals surface area contributed by atoms with Gasteiger partial charge in [-0.2, -0.15) is 18.3 Å². The summed E-state index contributed by atoms with van der Waals surface area (Å²) in [4.78, 5) is 0. The Morgan fingerprint density at radius 3 is 2.50 bits per heavy atom. The second-order valence-electron chi connectivity index (χ2n) is 5.91. The van der Waals surface area contributed by atoms with Gasteiger partial charge < -0.3 is 5.11 Å². The Bertz CT molecular complexity index is 578. The molecule has 1 N–H and O–H groups in total. The lowest BCUT2D eigenvalue weighted by Gasteiger charge is -2.28. The van der Waals surface area contributed by atoms with Crippen LogP contribution < -0.4 is 0 Å². The van der Waals surface area contributed by atoms with Crippen LogP contribution in [0.5, 0.6) is 0 Å². The minimum absolute atomic E-state index is 0.144. The van der Waals surface area contributed by atoms with E-state index in [0.29, 0.717) is 12.8 Å². The van der Waals surface area contributed by atoms with E-state index in [4.69, 9.17) is 0 Å². The molecule has 1 heterocycles. The van der Waals surface area contributed by atoms with Crippen LogP contribution in [0.1, 0.15) is 42.3 Å². The van der Waals surface area contributed by atoms with Crippen molar-refractivity contribution in [1.82, 2.24) is 9.78 Å². The smallest absolute Gasteiger partial charge is 0.382 e. The molecule has 22 heavy (non-hydrogen) atoms. The molecule has 0 radical (unpaired) electrons. The maximum absolute atomic E-state index is 13.8. The number of halogens is 6. The Morgan fingerprint density at radius 1 is 1.32 bits per heavy atom. The SMILES string of the molecule is O[C@H]1c2c(C(F)(F)F)nn(CC(F)C3CC3)c2CCC1(F)F. The third kappa shape index (κ3) is 2.59. The van der Waals surface area contributed by atoms with Gasteiger partial charge >= 0.3 is 6.18 Å². The molecule has 0 bridgehead atoms. The maximum atomic E-state index is 13.8. The van der Waals surface area contributed by atoms with Crippen LogP contribution in [0.15, 0.2) is 0 Å². The number of aromatic nitrogens is 2. The maximum Gasteiger partial charge on any atom is 0.435 e. The van der Waals surface area contributed by atoms with Gasteiger partial charge in [0.05, 0.1) is 6.54 Å². The fraction of sp³-hybridized carbons (Fsp3) is 0.769. The molecule has 3 rings (SSSR count). The molecule has 1 aromatic heterocycles. The number of aliphatic hydroxyl groups excluding tert-OH is 1. The van der Waals surface area contributed by atoms with E-state index < -0.39 is 48.6 Å². The second kappa shape index (κ2) is 4.87. The molecule has 0 spiro atoms. The lowest BCUT2D eigenvalue weighted by atomic mass is 9.89. The summed E-state index contributed by atoms with van der Waals surface area (Å²) < 4.78 is 80.7. The van der Waals surface area contributed by atoms with Gasteiger partial charge in [0.1, 0.15) is 12.3 Å². The molecule has 124 valence electrons. The van der Waals surface area contributed by atoms with E-state index in [1.54, 1.807) is 0 Å². The first-order valence-corrected chi connectivity index (χ1v) is 6.98. The Morgan fingerprint density at radius 2 is 1.95 bits per heavy atom. The molecule has 0 aliphatic heterocycles. The summed E-state index contributed by atoms with van der Waals surface area (Å²) in [5.74, 6) is -3.85. The highest BCUT2D eigenvalue weighted by Crippen LogP contribution is 2.46. The summed E-state index contributed by atoms with van der Waals surface area (Å²) in [7, 11) is 0. The minimum atomic E-state index is -4.98. The molecule has 9 heteroatoms. The van der Waals surface area contributed by atoms with Gasteiger partial charge in [-0.05, 0) is 25.2 Å². The summed E-state index contributed by atoms with van der Waals surface area (Å²) in [6.07, 6.45) is -8.74. The fourth-order valence-corrected chi connectivity index (χ4v) is 2.83. The van der Waals surface area contributed by atoms with Gasteiger partial charge in [0.25, 0.3) is 5.92 Å². The van der Waals surface area contributed by atoms with E-state index in [0.717, 1.165) is 4.68 Å². The molecule has 0 aromatic carbocycles. The van der Waals surface area contributed by atoms with Crippen molar-refractivity contribution in [3.05, 3.63) is 17.0 Å². The van der Waals surface area contributed by atoms with Gasteiger partial charge in [-0.15, -0.1) is 0 Å². The van der Waals surface area contributed by atoms with Crippen LogP contribution in [-0.2, 0) is 19.1 Å². The average Bonchev–Trinajstić information content (AvgIpc) is 3.16. The zero-order valence-corrected chi connectivity index (χ0v) is 11.4. The van der Waals surface area contributed by atoms with Crippen molar-refractivity contribution in [3.8, 4) is 0 Å². The highest BCUT2D eigenvalue weighted by Gasteiger charge is 2.51. The van der Waals surface area contributed by atoms with Crippen molar-refractivity contribution < 1.29 is 31.4 Å². The standard InChI is InChI=1S/C13H14F6N2O/c14-7(6-1-2-6)5-21-8-3-4-12(15,16)11(22)9(8)10(20-21)13(17,18)19/h6-7,11,22H,1-5H2/t7?,11-/m0/s1. The van der Waals surface area contributed by atoms with Crippen molar-refractivity contribution in [2.24, 2.45) is 5.92 Å². The number of fused-ring (bicyclic) bond motifs is 1. The predicted octanol–water partition coefficient (Wildman–Crippen LogP) is 3.26. The largest absolute Gasteiger partial charge is 0.435 e. The van der Waals surface area contributed by atoms with E-state index in [2.05, 4.69) is 5.10 Å². The number of aliphatic hydroxyl groups is 1. The molecule has 2 aliphatic carbocycles. The molecule has 0 saturated heterocycles. The van der Waals surface area contributed by atoms with Crippen LogP contribution in [0, 0.1) is 5.92 Å². The van der Waals surface area contributed by atoms with Crippen LogP contribution in [0.2, 0.25) is 0 Å². The van der Waals surface area contributed by atoms with Crippen molar-refractivity contribution in [2.75, 3.05) is 0 Å². The third-order valence-corrected chi connectivity index (χ3v) is 4.22. The number of rotatable bonds is 3. The molecule has 1 saturated carbocycles. The summed E-state index contributed by atoms with van der Waals surface area (Å²) in [6.45, 7) is -0.401.